The van der Waals surface area contributed by atoms with Crippen molar-refractivity contribution in [2.75, 3.05) is 5.48 Å². The molecule has 5 nitrogen and oxygen atoms in total. The molecule has 2 aromatic rings. The summed E-state index contributed by atoms with van der Waals surface area (Å²) in [6.45, 7) is 2.01. The third-order valence-electron chi connectivity index (χ3n) is 5.73. The zero-order valence-corrected chi connectivity index (χ0v) is 15.5. The Labute approximate surface area is 158 Å². The third kappa shape index (κ3) is 3.54. The minimum Gasteiger partial charge on any atom is -0.342 e. The molecule has 0 spiro atoms. The van der Waals surface area contributed by atoms with Crippen LogP contribution in [0.1, 0.15) is 37.7 Å². The van der Waals surface area contributed by atoms with E-state index in [0.717, 1.165) is 30.4 Å². The van der Waals surface area contributed by atoms with Gasteiger partial charge in [0.25, 0.3) is 0 Å². The monoisotopic (exact) mass is 371 g/mol. The Morgan fingerprint density at radius 1 is 1.19 bits per heavy atom. The predicted octanol–water partition coefficient (Wildman–Crippen LogP) is 4.80. The molecule has 2 bridgehead atoms. The lowest BCUT2D eigenvalue weighted by Crippen LogP contribution is -2.37. The Morgan fingerprint density at radius 2 is 1.96 bits per heavy atom. The molecule has 1 aromatic heterocycles. The number of carbonyl (C=O) groups is 1. The van der Waals surface area contributed by atoms with Gasteiger partial charge in [0.1, 0.15) is 0 Å². The molecule has 0 aliphatic heterocycles. The van der Waals surface area contributed by atoms with Gasteiger partial charge in [-0.05, 0) is 55.2 Å². The smallest absolute Gasteiger partial charge is 0.335 e. The average Bonchev–Trinajstić information content (AvgIpc) is 2.67. The Kier molecular flexibility index (Phi) is 4.81. The number of carbonyl (C=O) groups excluding carboxylic acids is 1. The van der Waals surface area contributed by atoms with Gasteiger partial charge in [0.05, 0.1) is 11.6 Å². The number of nitrogens with one attached hydrogen (secondary N) is 1. The summed E-state index contributed by atoms with van der Waals surface area (Å²) in [5, 5.41) is 0.112. The fourth-order valence-electron chi connectivity index (χ4n) is 4.31. The summed E-state index contributed by atoms with van der Waals surface area (Å²) >= 11 is 6.06. The van der Waals surface area contributed by atoms with E-state index in [4.69, 9.17) is 16.4 Å². The van der Waals surface area contributed by atoms with Crippen LogP contribution in [0.4, 0.5) is 5.82 Å². The molecule has 3 aliphatic rings. The molecule has 0 radical (unpaired) electrons. The van der Waals surface area contributed by atoms with Crippen LogP contribution in [0.25, 0.3) is 11.3 Å². The Morgan fingerprint density at radius 3 is 2.65 bits per heavy atom. The van der Waals surface area contributed by atoms with Crippen LogP contribution in [-0.4, -0.2) is 15.9 Å². The molecular formula is C20H22ClN3O2. The molecule has 3 fully saturated rings. The highest BCUT2D eigenvalue weighted by Gasteiger charge is 2.40. The van der Waals surface area contributed by atoms with Gasteiger partial charge in [-0.25, -0.2) is 15.3 Å². The first kappa shape index (κ1) is 17.3. The van der Waals surface area contributed by atoms with Crippen molar-refractivity contribution >= 4 is 23.4 Å². The van der Waals surface area contributed by atoms with Crippen molar-refractivity contribution in [3.05, 3.63) is 41.2 Å². The maximum absolute atomic E-state index is 12.5. The van der Waals surface area contributed by atoms with Crippen LogP contribution in [0, 0.1) is 24.7 Å². The highest BCUT2D eigenvalue weighted by molar-refractivity contribution is 6.28. The van der Waals surface area contributed by atoms with Crippen LogP contribution in [0.5, 0.6) is 0 Å². The Balaban J connectivity index is 1.47. The van der Waals surface area contributed by atoms with E-state index >= 15 is 0 Å². The normalized spacial score (nSPS) is 24.3. The fourth-order valence-corrected chi connectivity index (χ4v) is 4.50. The lowest BCUT2D eigenvalue weighted by molar-refractivity contribution is -0.151. The number of benzene rings is 1. The number of halogens is 1. The number of rotatable bonds is 4. The van der Waals surface area contributed by atoms with E-state index in [9.17, 15) is 4.79 Å². The zero-order valence-electron chi connectivity index (χ0n) is 14.7. The van der Waals surface area contributed by atoms with Gasteiger partial charge < -0.3 is 4.84 Å². The lowest BCUT2D eigenvalue weighted by Gasteiger charge is -2.40. The summed E-state index contributed by atoms with van der Waals surface area (Å²) in [6, 6.07) is 9.65. The minimum absolute atomic E-state index is 0.00291. The van der Waals surface area contributed by atoms with Crippen molar-refractivity contribution in [3.63, 3.8) is 0 Å². The van der Waals surface area contributed by atoms with Crippen molar-refractivity contribution in [1.29, 1.82) is 0 Å². The highest BCUT2D eigenvalue weighted by Crippen LogP contribution is 2.45. The van der Waals surface area contributed by atoms with Crippen molar-refractivity contribution in [3.8, 4) is 11.3 Å². The largest absolute Gasteiger partial charge is 0.342 e. The molecule has 3 aliphatic carbocycles. The summed E-state index contributed by atoms with van der Waals surface area (Å²) in [7, 11) is 0. The van der Waals surface area contributed by atoms with Crippen molar-refractivity contribution in [1.82, 2.24) is 9.97 Å². The molecule has 1 unspecified atom stereocenters. The summed E-state index contributed by atoms with van der Waals surface area (Å²) in [6.07, 6.45) is 5.74. The standard InChI is InChI=1S/C20H22ClN3O2/c1-12-4-2-3-5-15(12)17-11-18(23-20(21)22-17)24-26-19(25)16-10-13-6-8-14(16)9-7-13/h2-5,11,13-14,16H,6-10H2,1H3,(H,22,23,24). The van der Waals surface area contributed by atoms with E-state index in [-0.39, 0.29) is 17.2 Å². The van der Waals surface area contributed by atoms with E-state index in [2.05, 4.69) is 15.4 Å². The molecule has 1 aromatic carbocycles. The Bertz CT molecular complexity index is 818. The van der Waals surface area contributed by atoms with Crippen LogP contribution in [0.3, 0.4) is 0 Å². The molecule has 1 heterocycles. The second-order valence-electron chi connectivity index (χ2n) is 7.37. The molecule has 26 heavy (non-hydrogen) atoms. The van der Waals surface area contributed by atoms with Gasteiger partial charge in [0.2, 0.25) is 5.28 Å². The van der Waals surface area contributed by atoms with Crippen LogP contribution in [-0.2, 0) is 9.63 Å². The molecule has 0 amide bonds. The van der Waals surface area contributed by atoms with Crippen LogP contribution in [0.15, 0.2) is 30.3 Å². The maximum atomic E-state index is 12.5. The van der Waals surface area contributed by atoms with Crippen LogP contribution in [0.2, 0.25) is 5.28 Å². The van der Waals surface area contributed by atoms with E-state index < -0.39 is 0 Å². The number of aromatic nitrogens is 2. The van der Waals surface area contributed by atoms with Gasteiger partial charge in [-0.15, -0.1) is 0 Å². The molecular weight excluding hydrogens is 350 g/mol. The SMILES string of the molecule is Cc1ccccc1-c1cc(NOC(=O)C2CC3CCC2CC3)nc(Cl)n1. The van der Waals surface area contributed by atoms with Gasteiger partial charge in [-0.3, -0.25) is 0 Å². The molecule has 6 heteroatoms. The zero-order chi connectivity index (χ0) is 18.1. The lowest BCUT2D eigenvalue weighted by atomic mass is 9.65. The van der Waals surface area contributed by atoms with Crippen molar-refractivity contribution < 1.29 is 9.63 Å². The molecule has 1 N–H and O–H groups in total. The van der Waals surface area contributed by atoms with Crippen LogP contribution >= 0.6 is 11.6 Å². The first-order chi connectivity index (χ1) is 12.6. The molecule has 136 valence electrons. The second kappa shape index (κ2) is 7.23. The maximum Gasteiger partial charge on any atom is 0.335 e. The van der Waals surface area contributed by atoms with Crippen molar-refractivity contribution in [2.45, 2.75) is 39.0 Å². The van der Waals surface area contributed by atoms with Gasteiger partial charge >= 0.3 is 5.97 Å². The molecule has 5 rings (SSSR count). The van der Waals surface area contributed by atoms with Gasteiger partial charge in [-0.1, -0.05) is 37.1 Å². The minimum atomic E-state index is -0.188. The summed E-state index contributed by atoms with van der Waals surface area (Å²) in [4.78, 5) is 26.3. The number of hydrogen-bond donors (Lipinski definition) is 1. The first-order valence-electron chi connectivity index (χ1n) is 9.17. The number of hydrogen-bond acceptors (Lipinski definition) is 5. The van der Waals surface area contributed by atoms with Crippen LogP contribution < -0.4 is 5.48 Å². The quantitative estimate of drug-likeness (QED) is 0.617. The average molecular weight is 372 g/mol. The van der Waals surface area contributed by atoms with E-state index in [1.165, 1.54) is 12.8 Å². The summed E-state index contributed by atoms with van der Waals surface area (Å²) < 4.78 is 0. The van der Waals surface area contributed by atoms with E-state index in [0.29, 0.717) is 23.3 Å². The van der Waals surface area contributed by atoms with E-state index in [1.54, 1.807) is 6.07 Å². The molecule has 3 saturated carbocycles. The third-order valence-corrected chi connectivity index (χ3v) is 5.90. The summed E-state index contributed by atoms with van der Waals surface area (Å²) in [5.74, 6) is 1.34. The highest BCUT2D eigenvalue weighted by atomic mass is 35.5. The number of anilines is 1. The Hall–Kier alpha value is -2.14. The number of nitrogens with zero attached hydrogens (tertiary/aromatic N) is 2. The fraction of sp³-hybridized carbons (Fsp3) is 0.450. The van der Waals surface area contributed by atoms with Gasteiger partial charge in [0, 0.05) is 11.6 Å². The van der Waals surface area contributed by atoms with Crippen molar-refractivity contribution in [2.24, 2.45) is 17.8 Å². The van der Waals surface area contributed by atoms with Gasteiger partial charge in [-0.2, -0.15) is 4.98 Å². The topological polar surface area (TPSA) is 64.1 Å². The molecule has 1 atom stereocenters. The number of fused-ring (bicyclic) bond motifs is 3. The van der Waals surface area contributed by atoms with E-state index in [1.807, 2.05) is 31.2 Å². The second-order valence-corrected chi connectivity index (χ2v) is 7.71. The first-order valence-corrected chi connectivity index (χ1v) is 9.55. The van der Waals surface area contributed by atoms with Gasteiger partial charge in [0.15, 0.2) is 5.82 Å². The summed E-state index contributed by atoms with van der Waals surface area (Å²) in [5.41, 5.74) is 5.43. The molecule has 0 saturated heterocycles. The predicted molar refractivity (Wildman–Crippen MR) is 100 cm³/mol. The number of aryl methyl sites for hydroxylation is 1.